The van der Waals surface area contributed by atoms with Gasteiger partial charge in [0.1, 0.15) is 12.4 Å². The third-order valence-electron chi connectivity index (χ3n) is 2.49. The van der Waals surface area contributed by atoms with Crippen molar-refractivity contribution < 1.29 is 17.9 Å². The maximum Gasteiger partial charge on any atom is 0.295 e. The normalized spacial score (nSPS) is 11.5. The van der Waals surface area contributed by atoms with Crippen LogP contribution in [0.3, 0.4) is 0 Å². The van der Waals surface area contributed by atoms with Gasteiger partial charge in [-0.15, -0.1) is 0 Å². The zero-order chi connectivity index (χ0) is 14.0. The van der Waals surface area contributed by atoms with Crippen LogP contribution in [0.1, 0.15) is 11.3 Å². The number of anilines is 1. The second-order valence-corrected chi connectivity index (χ2v) is 6.47. The quantitative estimate of drug-likeness (QED) is 0.892. The maximum absolute atomic E-state index is 12.1. The molecule has 1 aromatic carbocycles. The molecule has 19 heavy (non-hydrogen) atoms. The lowest BCUT2D eigenvalue weighted by molar-refractivity contribution is 0.236. The van der Waals surface area contributed by atoms with Crippen LogP contribution in [0, 0.1) is 6.92 Å². The van der Waals surface area contributed by atoms with Gasteiger partial charge in [-0.2, -0.15) is 8.42 Å². The molecule has 0 fully saturated rings. The lowest BCUT2D eigenvalue weighted by Crippen LogP contribution is -2.13. The minimum Gasteiger partial charge on any atom is -0.445 e. The van der Waals surface area contributed by atoms with Crippen molar-refractivity contribution in [3.05, 3.63) is 46.1 Å². The number of rotatable bonds is 4. The van der Waals surface area contributed by atoms with Crippen molar-refractivity contribution >= 4 is 31.6 Å². The first kappa shape index (κ1) is 14.1. The van der Waals surface area contributed by atoms with Crippen LogP contribution < -0.4 is 4.72 Å². The van der Waals surface area contributed by atoms with Gasteiger partial charge in [0.15, 0.2) is 0 Å². The number of nitrogens with one attached hydrogen (secondary N) is 1. The number of halogens is 1. The summed E-state index contributed by atoms with van der Waals surface area (Å²) in [6.45, 7) is 1.46. The number of benzene rings is 1. The van der Waals surface area contributed by atoms with Gasteiger partial charge in [-0.3, -0.25) is 4.72 Å². The molecule has 0 amide bonds. The summed E-state index contributed by atoms with van der Waals surface area (Å²) < 4.78 is 32.5. The van der Waals surface area contributed by atoms with Crippen molar-refractivity contribution in [3.63, 3.8) is 0 Å². The summed E-state index contributed by atoms with van der Waals surface area (Å²) in [6.07, 6.45) is 0. The highest BCUT2D eigenvalue weighted by atomic mass is 79.9. The molecular formula is C12H12BrNO4S. The fourth-order valence-corrected chi connectivity index (χ4v) is 3.08. The predicted molar refractivity (Wildman–Crippen MR) is 74.3 cm³/mol. The summed E-state index contributed by atoms with van der Waals surface area (Å²) in [5, 5.41) is 8.64. The fraction of sp³-hybridized carbons (Fsp3) is 0.167. The number of aliphatic hydroxyl groups is 1. The molecule has 7 heteroatoms. The highest BCUT2D eigenvalue weighted by molar-refractivity contribution is 9.10. The predicted octanol–water partition coefficient (Wildman–Crippen LogP) is 2.64. The summed E-state index contributed by atoms with van der Waals surface area (Å²) in [5.41, 5.74) is 1.26. The van der Waals surface area contributed by atoms with E-state index in [4.69, 9.17) is 9.52 Å². The zero-order valence-electron chi connectivity index (χ0n) is 10.1. The van der Waals surface area contributed by atoms with Crippen molar-refractivity contribution in [2.45, 2.75) is 18.6 Å². The average molecular weight is 346 g/mol. The molecule has 0 unspecified atom stereocenters. The lowest BCUT2D eigenvalue weighted by Gasteiger charge is -2.09. The van der Waals surface area contributed by atoms with Gasteiger partial charge in [0.05, 0.1) is 5.69 Å². The molecule has 0 spiro atoms. The molecule has 2 rings (SSSR count). The summed E-state index contributed by atoms with van der Waals surface area (Å²) in [7, 11) is -3.78. The number of aryl methyl sites for hydroxylation is 1. The van der Waals surface area contributed by atoms with E-state index < -0.39 is 10.0 Å². The fourth-order valence-electron chi connectivity index (χ4n) is 1.52. The van der Waals surface area contributed by atoms with Crippen molar-refractivity contribution in [2.24, 2.45) is 0 Å². The minimum absolute atomic E-state index is 0.202. The Morgan fingerprint density at radius 2 is 2.05 bits per heavy atom. The largest absolute Gasteiger partial charge is 0.445 e. The van der Waals surface area contributed by atoms with Gasteiger partial charge < -0.3 is 9.52 Å². The zero-order valence-corrected chi connectivity index (χ0v) is 12.5. The molecule has 0 saturated heterocycles. The number of hydrogen-bond donors (Lipinski definition) is 2. The van der Waals surface area contributed by atoms with Crippen LogP contribution in [-0.4, -0.2) is 13.5 Å². The Morgan fingerprint density at radius 3 is 2.63 bits per heavy atom. The van der Waals surface area contributed by atoms with Crippen LogP contribution in [0.2, 0.25) is 0 Å². The van der Waals surface area contributed by atoms with E-state index in [-0.39, 0.29) is 17.5 Å². The van der Waals surface area contributed by atoms with Crippen molar-refractivity contribution in [2.75, 3.05) is 4.72 Å². The van der Waals surface area contributed by atoms with Crippen LogP contribution >= 0.6 is 15.9 Å². The maximum atomic E-state index is 12.1. The van der Waals surface area contributed by atoms with Crippen LogP contribution in [0.25, 0.3) is 0 Å². The number of hydrogen-bond acceptors (Lipinski definition) is 4. The third kappa shape index (κ3) is 3.17. The Kier molecular flexibility index (Phi) is 3.98. The first-order chi connectivity index (χ1) is 8.92. The first-order valence-electron chi connectivity index (χ1n) is 5.41. The Morgan fingerprint density at radius 1 is 1.32 bits per heavy atom. The van der Waals surface area contributed by atoms with Crippen molar-refractivity contribution in [1.82, 2.24) is 0 Å². The SMILES string of the molecule is Cc1cc(Br)ccc1NS(=O)(=O)c1ccc(CO)o1. The Hall–Kier alpha value is -1.31. The van der Waals surface area contributed by atoms with E-state index in [9.17, 15) is 8.42 Å². The second-order valence-electron chi connectivity index (χ2n) is 3.94. The smallest absolute Gasteiger partial charge is 0.295 e. The van der Waals surface area contributed by atoms with Gasteiger partial charge in [0, 0.05) is 4.47 Å². The molecule has 0 aliphatic carbocycles. The van der Waals surface area contributed by atoms with Crippen molar-refractivity contribution in [1.29, 1.82) is 0 Å². The molecule has 2 aromatic rings. The van der Waals surface area contributed by atoms with Gasteiger partial charge in [-0.05, 0) is 42.8 Å². The molecular weight excluding hydrogens is 334 g/mol. The lowest BCUT2D eigenvalue weighted by atomic mass is 10.2. The molecule has 102 valence electrons. The molecule has 0 saturated carbocycles. The van der Waals surface area contributed by atoms with E-state index in [1.807, 2.05) is 0 Å². The average Bonchev–Trinajstić information content (AvgIpc) is 2.82. The summed E-state index contributed by atoms with van der Waals surface area (Å²) >= 11 is 3.31. The Labute approximate surface area is 119 Å². The van der Waals surface area contributed by atoms with Gasteiger partial charge in [-0.1, -0.05) is 15.9 Å². The topological polar surface area (TPSA) is 79.5 Å². The molecule has 2 N–H and O–H groups in total. The third-order valence-corrected chi connectivity index (χ3v) is 4.22. The standard InChI is InChI=1S/C12H12BrNO4S/c1-8-6-9(13)2-4-11(8)14-19(16,17)12-5-3-10(7-15)18-12/h2-6,14-15H,7H2,1H3. The van der Waals surface area contributed by atoms with E-state index in [1.165, 1.54) is 12.1 Å². The molecule has 0 radical (unpaired) electrons. The van der Waals surface area contributed by atoms with Crippen LogP contribution in [0.15, 0.2) is 44.3 Å². The second kappa shape index (κ2) is 5.36. The van der Waals surface area contributed by atoms with E-state index >= 15 is 0 Å². The number of aliphatic hydroxyl groups excluding tert-OH is 1. The summed E-state index contributed by atoms with van der Waals surface area (Å²) in [4.78, 5) is 0. The summed E-state index contributed by atoms with van der Waals surface area (Å²) in [6, 6.07) is 7.93. The van der Waals surface area contributed by atoms with E-state index in [0.29, 0.717) is 5.69 Å². The highest BCUT2D eigenvalue weighted by Crippen LogP contribution is 2.23. The van der Waals surface area contributed by atoms with Gasteiger partial charge in [-0.25, -0.2) is 0 Å². The van der Waals surface area contributed by atoms with E-state index in [1.54, 1.807) is 25.1 Å². The van der Waals surface area contributed by atoms with Crippen molar-refractivity contribution in [3.8, 4) is 0 Å². The van der Waals surface area contributed by atoms with Crippen LogP contribution in [0.5, 0.6) is 0 Å². The molecule has 0 bridgehead atoms. The Bertz CT molecular complexity index is 694. The molecule has 0 aliphatic heterocycles. The number of furan rings is 1. The first-order valence-corrected chi connectivity index (χ1v) is 7.68. The van der Waals surface area contributed by atoms with E-state index in [0.717, 1.165) is 10.0 Å². The van der Waals surface area contributed by atoms with E-state index in [2.05, 4.69) is 20.7 Å². The van der Waals surface area contributed by atoms with Gasteiger partial charge in [0.25, 0.3) is 10.0 Å². The monoisotopic (exact) mass is 345 g/mol. The molecule has 0 aliphatic rings. The summed E-state index contributed by atoms with van der Waals surface area (Å²) in [5.74, 6) is 0.202. The van der Waals surface area contributed by atoms with Crippen LogP contribution in [0.4, 0.5) is 5.69 Å². The Balaban J connectivity index is 2.30. The van der Waals surface area contributed by atoms with Gasteiger partial charge >= 0.3 is 0 Å². The van der Waals surface area contributed by atoms with Crippen LogP contribution in [-0.2, 0) is 16.6 Å². The number of sulfonamides is 1. The molecule has 1 aromatic heterocycles. The molecule has 1 heterocycles. The molecule has 5 nitrogen and oxygen atoms in total. The minimum atomic E-state index is -3.78. The van der Waals surface area contributed by atoms with Gasteiger partial charge in [0.2, 0.25) is 5.09 Å². The molecule has 0 atom stereocenters. The highest BCUT2D eigenvalue weighted by Gasteiger charge is 2.19.